The quantitative estimate of drug-likeness (QED) is 0.298. The Balaban J connectivity index is 1.61. The van der Waals surface area contributed by atoms with E-state index in [9.17, 15) is 8.78 Å². The first-order chi connectivity index (χ1) is 15.0. The van der Waals surface area contributed by atoms with Gasteiger partial charge in [-0.1, -0.05) is 54.2 Å². The number of furan rings is 1. The second-order valence-electron chi connectivity index (χ2n) is 6.98. The number of nitrogens with zero attached hydrogens (tertiary/aromatic N) is 3. The number of hydrogen-bond acceptors (Lipinski definition) is 5. The fourth-order valence-corrected chi connectivity index (χ4v) is 4.22. The second kappa shape index (κ2) is 9.34. The monoisotopic (exact) mass is 441 g/mol. The number of ether oxygens (including phenoxy) is 1. The van der Waals surface area contributed by atoms with Gasteiger partial charge in [0.15, 0.2) is 11.0 Å². The van der Waals surface area contributed by atoms with E-state index in [-0.39, 0.29) is 11.0 Å². The third-order valence-corrected chi connectivity index (χ3v) is 6.00. The van der Waals surface area contributed by atoms with Crippen molar-refractivity contribution in [1.29, 1.82) is 0 Å². The van der Waals surface area contributed by atoms with Crippen molar-refractivity contribution in [2.75, 3.05) is 0 Å². The molecule has 0 saturated heterocycles. The molecule has 2 aromatic heterocycles. The van der Waals surface area contributed by atoms with Crippen LogP contribution in [-0.2, 0) is 6.54 Å². The summed E-state index contributed by atoms with van der Waals surface area (Å²) in [4.78, 5) is 0. The van der Waals surface area contributed by atoms with Crippen molar-refractivity contribution in [3.05, 3.63) is 83.8 Å². The van der Waals surface area contributed by atoms with E-state index < -0.39 is 6.61 Å². The molecular formula is C23H21F2N3O2S. The molecule has 0 aliphatic rings. The Morgan fingerprint density at radius 2 is 1.77 bits per heavy atom. The van der Waals surface area contributed by atoms with Crippen molar-refractivity contribution in [3.63, 3.8) is 0 Å². The van der Waals surface area contributed by atoms with Crippen LogP contribution in [0.5, 0.6) is 5.75 Å². The summed E-state index contributed by atoms with van der Waals surface area (Å²) >= 11 is 1.56. The average molecular weight is 442 g/mol. The summed E-state index contributed by atoms with van der Waals surface area (Å²) in [5.41, 5.74) is 3.01. The molecule has 160 valence electrons. The molecule has 0 bridgehead atoms. The molecule has 2 heterocycles. The molecule has 0 fully saturated rings. The first-order valence-electron chi connectivity index (χ1n) is 9.74. The van der Waals surface area contributed by atoms with Gasteiger partial charge in [-0.15, -0.1) is 10.2 Å². The van der Waals surface area contributed by atoms with Crippen molar-refractivity contribution in [2.45, 2.75) is 37.4 Å². The van der Waals surface area contributed by atoms with Crippen LogP contribution in [0.15, 0.2) is 76.5 Å². The lowest BCUT2D eigenvalue weighted by molar-refractivity contribution is -0.0498. The van der Waals surface area contributed by atoms with E-state index in [2.05, 4.69) is 31.6 Å². The molecule has 4 rings (SSSR count). The predicted molar refractivity (Wildman–Crippen MR) is 115 cm³/mol. The lowest BCUT2D eigenvalue weighted by atomic mass is 10.2. The molecule has 8 heteroatoms. The van der Waals surface area contributed by atoms with E-state index in [1.165, 1.54) is 0 Å². The average Bonchev–Trinajstić information content (AvgIpc) is 3.34. The first-order valence-corrected chi connectivity index (χ1v) is 10.6. The summed E-state index contributed by atoms with van der Waals surface area (Å²) in [7, 11) is 0. The maximum Gasteiger partial charge on any atom is 0.387 e. The number of rotatable bonds is 8. The zero-order valence-corrected chi connectivity index (χ0v) is 17.9. The van der Waals surface area contributed by atoms with E-state index in [1.54, 1.807) is 42.3 Å². The fraction of sp³-hybridized carbons (Fsp3) is 0.217. The molecule has 0 spiro atoms. The number of thioether (sulfide) groups is 1. The van der Waals surface area contributed by atoms with Crippen molar-refractivity contribution in [3.8, 4) is 17.1 Å². The number of benzene rings is 2. The summed E-state index contributed by atoms with van der Waals surface area (Å²) in [6, 6.07) is 18.7. The topological polar surface area (TPSA) is 53.1 Å². The van der Waals surface area contributed by atoms with Gasteiger partial charge in [-0.05, 0) is 43.2 Å². The zero-order valence-electron chi connectivity index (χ0n) is 17.0. The molecule has 1 unspecified atom stereocenters. The van der Waals surface area contributed by atoms with Gasteiger partial charge >= 0.3 is 6.61 Å². The summed E-state index contributed by atoms with van der Waals surface area (Å²) in [5, 5.41) is 9.67. The number of aromatic nitrogens is 3. The Hall–Kier alpha value is -3.13. The van der Waals surface area contributed by atoms with E-state index in [0.29, 0.717) is 6.54 Å². The maximum absolute atomic E-state index is 12.4. The molecule has 0 N–H and O–H groups in total. The third kappa shape index (κ3) is 4.96. The van der Waals surface area contributed by atoms with Crippen LogP contribution in [0.25, 0.3) is 11.4 Å². The largest absolute Gasteiger partial charge is 0.469 e. The molecule has 2 aromatic carbocycles. The van der Waals surface area contributed by atoms with Crippen LogP contribution in [0.3, 0.4) is 0 Å². The van der Waals surface area contributed by atoms with Crippen LogP contribution in [0.4, 0.5) is 8.78 Å². The molecule has 0 aliphatic heterocycles. The highest BCUT2D eigenvalue weighted by Crippen LogP contribution is 2.37. The Kier molecular flexibility index (Phi) is 6.36. The minimum absolute atomic E-state index is 0.0256. The number of hydrogen-bond donors (Lipinski definition) is 0. The predicted octanol–water partition coefficient (Wildman–Crippen LogP) is 6.35. The van der Waals surface area contributed by atoms with Gasteiger partial charge in [0.1, 0.15) is 11.5 Å². The molecule has 0 amide bonds. The van der Waals surface area contributed by atoms with Crippen LogP contribution in [0, 0.1) is 6.92 Å². The van der Waals surface area contributed by atoms with Crippen LogP contribution in [0.2, 0.25) is 0 Å². The highest BCUT2D eigenvalue weighted by molar-refractivity contribution is 7.99. The summed E-state index contributed by atoms with van der Waals surface area (Å²) < 4.78 is 36.7. The van der Waals surface area contributed by atoms with Gasteiger partial charge in [-0.2, -0.15) is 8.78 Å². The normalized spacial score (nSPS) is 12.3. The van der Waals surface area contributed by atoms with E-state index in [1.807, 2.05) is 38.1 Å². The highest BCUT2D eigenvalue weighted by Gasteiger charge is 2.20. The maximum atomic E-state index is 12.4. The Morgan fingerprint density at radius 3 is 2.42 bits per heavy atom. The molecule has 0 saturated carbocycles. The third-order valence-electron chi connectivity index (χ3n) is 4.86. The Labute approximate surface area is 183 Å². The molecule has 4 aromatic rings. The molecular weight excluding hydrogens is 420 g/mol. The number of aryl methyl sites for hydroxylation is 1. The number of halogens is 2. The smallest absolute Gasteiger partial charge is 0.387 e. The highest BCUT2D eigenvalue weighted by atomic mass is 32.2. The van der Waals surface area contributed by atoms with Crippen LogP contribution in [0.1, 0.15) is 29.1 Å². The SMILES string of the molecule is Cc1occc1-c1nnc(SC(C)c2ccc(OC(F)F)cc2)n1Cc1ccccc1. The van der Waals surface area contributed by atoms with E-state index >= 15 is 0 Å². The fourth-order valence-electron chi connectivity index (χ4n) is 3.25. The lowest BCUT2D eigenvalue weighted by Gasteiger charge is -2.14. The van der Waals surface area contributed by atoms with Crippen LogP contribution < -0.4 is 4.74 Å². The van der Waals surface area contributed by atoms with Gasteiger partial charge in [-0.3, -0.25) is 4.57 Å². The van der Waals surface area contributed by atoms with Crippen molar-refractivity contribution in [2.24, 2.45) is 0 Å². The van der Waals surface area contributed by atoms with Gasteiger partial charge in [0.25, 0.3) is 0 Å². The van der Waals surface area contributed by atoms with Gasteiger partial charge in [0, 0.05) is 5.25 Å². The first kappa shape index (κ1) is 21.1. The van der Waals surface area contributed by atoms with Crippen molar-refractivity contribution in [1.82, 2.24) is 14.8 Å². The molecule has 0 radical (unpaired) electrons. The minimum atomic E-state index is -2.83. The standard InChI is InChI=1S/C23H21F2N3O2S/c1-15-20(12-13-29-15)21-26-27-23(28(21)14-17-6-4-3-5-7-17)31-16(2)18-8-10-19(11-9-18)30-22(24)25/h3-13,16,22H,14H2,1-2H3. The van der Waals surface area contributed by atoms with Crippen LogP contribution in [-0.4, -0.2) is 21.4 Å². The summed E-state index contributed by atoms with van der Waals surface area (Å²) in [5.74, 6) is 1.66. The Morgan fingerprint density at radius 1 is 1.03 bits per heavy atom. The van der Waals surface area contributed by atoms with Gasteiger partial charge in [-0.25, -0.2) is 0 Å². The van der Waals surface area contributed by atoms with Gasteiger partial charge < -0.3 is 9.15 Å². The summed E-state index contributed by atoms with van der Waals surface area (Å²) in [6.07, 6.45) is 1.64. The lowest BCUT2D eigenvalue weighted by Crippen LogP contribution is -2.05. The molecule has 1 atom stereocenters. The molecule has 31 heavy (non-hydrogen) atoms. The Bertz CT molecular complexity index is 1130. The van der Waals surface area contributed by atoms with E-state index in [4.69, 9.17) is 4.42 Å². The zero-order chi connectivity index (χ0) is 21.8. The molecule has 0 aliphatic carbocycles. The van der Waals surface area contributed by atoms with Crippen molar-refractivity contribution < 1.29 is 17.9 Å². The number of alkyl halides is 2. The van der Waals surface area contributed by atoms with Crippen molar-refractivity contribution >= 4 is 11.8 Å². The van der Waals surface area contributed by atoms with E-state index in [0.717, 1.165) is 33.4 Å². The van der Waals surface area contributed by atoms with Gasteiger partial charge in [0.05, 0.1) is 18.4 Å². The van der Waals surface area contributed by atoms with Gasteiger partial charge in [0.2, 0.25) is 0 Å². The second-order valence-corrected chi connectivity index (χ2v) is 8.28. The molecule has 5 nitrogen and oxygen atoms in total. The minimum Gasteiger partial charge on any atom is -0.469 e. The summed E-state index contributed by atoms with van der Waals surface area (Å²) in [6.45, 7) is 1.72. The van der Waals surface area contributed by atoms with Crippen LogP contribution >= 0.6 is 11.8 Å².